The molecule has 0 aliphatic heterocycles. The average molecular weight is 541 g/mol. The molecule has 0 atom stereocenters. The Bertz CT molecular complexity index is 1550. The van der Waals surface area contributed by atoms with Crippen LogP contribution in [0, 0.1) is 13.8 Å². The summed E-state index contributed by atoms with van der Waals surface area (Å²) in [4.78, 5) is 43.6. The van der Waals surface area contributed by atoms with Crippen molar-refractivity contribution < 1.29 is 9.59 Å². The van der Waals surface area contributed by atoms with Crippen LogP contribution in [0.15, 0.2) is 76.7 Å². The second-order valence-electron chi connectivity index (χ2n) is 10.2. The van der Waals surface area contributed by atoms with Gasteiger partial charge in [-0.2, -0.15) is 0 Å². The predicted molar refractivity (Wildman–Crippen MR) is 157 cm³/mol. The molecule has 1 fully saturated rings. The van der Waals surface area contributed by atoms with Gasteiger partial charge >= 0.3 is 0 Å². The van der Waals surface area contributed by atoms with Gasteiger partial charge in [-0.3, -0.25) is 19.0 Å². The number of thioether (sulfide) groups is 1. The summed E-state index contributed by atoms with van der Waals surface area (Å²) in [5, 5.41) is 7.04. The van der Waals surface area contributed by atoms with Gasteiger partial charge in [0.15, 0.2) is 5.16 Å². The molecule has 39 heavy (non-hydrogen) atoms. The Morgan fingerprint density at radius 1 is 0.974 bits per heavy atom. The summed E-state index contributed by atoms with van der Waals surface area (Å²) >= 11 is 1.23. The van der Waals surface area contributed by atoms with Gasteiger partial charge in [-0.05, 0) is 79.8 Å². The molecule has 7 nitrogen and oxygen atoms in total. The van der Waals surface area contributed by atoms with Gasteiger partial charge < -0.3 is 10.6 Å². The number of aryl methyl sites for hydroxylation is 2. The van der Waals surface area contributed by atoms with Crippen molar-refractivity contribution in [2.24, 2.45) is 0 Å². The maximum Gasteiger partial charge on any atom is 0.262 e. The Morgan fingerprint density at radius 3 is 2.38 bits per heavy atom. The first-order chi connectivity index (χ1) is 18.9. The van der Waals surface area contributed by atoms with Crippen molar-refractivity contribution in [2.45, 2.75) is 57.3 Å². The van der Waals surface area contributed by atoms with E-state index in [2.05, 4.69) is 16.7 Å². The van der Waals surface area contributed by atoms with E-state index in [1.165, 1.54) is 11.8 Å². The van der Waals surface area contributed by atoms with E-state index in [4.69, 9.17) is 4.98 Å². The molecular formula is C31H32N4O3S. The number of hydrogen-bond donors (Lipinski definition) is 2. The van der Waals surface area contributed by atoms with Gasteiger partial charge in [0.2, 0.25) is 5.91 Å². The first-order valence-electron chi connectivity index (χ1n) is 13.3. The summed E-state index contributed by atoms with van der Waals surface area (Å²) in [7, 11) is 0. The van der Waals surface area contributed by atoms with Crippen molar-refractivity contribution >= 4 is 40.2 Å². The number of hydrogen-bond acceptors (Lipinski definition) is 5. The largest absolute Gasteiger partial charge is 0.349 e. The van der Waals surface area contributed by atoms with Crippen LogP contribution in [0.1, 0.15) is 52.7 Å². The Balaban J connectivity index is 1.34. The number of anilines is 1. The fourth-order valence-electron chi connectivity index (χ4n) is 5.05. The van der Waals surface area contributed by atoms with E-state index in [0.717, 1.165) is 48.1 Å². The van der Waals surface area contributed by atoms with Crippen LogP contribution in [0.4, 0.5) is 5.69 Å². The minimum atomic E-state index is -0.170. The van der Waals surface area contributed by atoms with Crippen LogP contribution in [0.25, 0.3) is 10.9 Å². The van der Waals surface area contributed by atoms with Crippen molar-refractivity contribution in [1.82, 2.24) is 14.9 Å². The monoisotopic (exact) mass is 540 g/mol. The molecule has 0 bridgehead atoms. The number of para-hydroxylation sites is 1. The maximum absolute atomic E-state index is 13.5. The molecule has 1 saturated carbocycles. The second-order valence-corrected chi connectivity index (χ2v) is 11.1. The topological polar surface area (TPSA) is 93.1 Å². The standard InChI is InChI=1S/C31H32N4O3S/c1-20-15-21(2)17-25(16-20)32-28(36)19-39-31-34-27-10-6-5-9-26(27)30(38)35(31)18-22-11-13-23(14-12-22)29(37)33-24-7-3-4-8-24/h5-6,9-17,24H,3-4,7-8,18-19H2,1-2H3,(H,32,36)(H,33,37). The van der Waals surface area contributed by atoms with Crippen molar-refractivity contribution in [3.8, 4) is 0 Å². The lowest BCUT2D eigenvalue weighted by Gasteiger charge is -2.14. The van der Waals surface area contributed by atoms with Crippen molar-refractivity contribution in [3.63, 3.8) is 0 Å². The highest BCUT2D eigenvalue weighted by molar-refractivity contribution is 7.99. The Hall–Kier alpha value is -3.91. The number of rotatable bonds is 8. The lowest BCUT2D eigenvalue weighted by Crippen LogP contribution is -2.32. The molecule has 1 heterocycles. The van der Waals surface area contributed by atoms with E-state index < -0.39 is 0 Å². The van der Waals surface area contributed by atoms with Crippen LogP contribution in [0.5, 0.6) is 0 Å². The highest BCUT2D eigenvalue weighted by Gasteiger charge is 2.18. The third-order valence-corrected chi connectivity index (χ3v) is 7.89. The van der Waals surface area contributed by atoms with E-state index >= 15 is 0 Å². The first-order valence-corrected chi connectivity index (χ1v) is 14.2. The zero-order chi connectivity index (χ0) is 27.4. The molecular weight excluding hydrogens is 508 g/mol. The molecule has 5 rings (SSSR count). The number of fused-ring (bicyclic) bond motifs is 1. The number of aromatic nitrogens is 2. The van der Waals surface area contributed by atoms with Gasteiger partial charge in [-0.1, -0.05) is 54.9 Å². The molecule has 8 heteroatoms. The minimum Gasteiger partial charge on any atom is -0.349 e. The van der Waals surface area contributed by atoms with Crippen LogP contribution in [0.2, 0.25) is 0 Å². The molecule has 0 radical (unpaired) electrons. The van der Waals surface area contributed by atoms with E-state index in [0.29, 0.717) is 21.6 Å². The third-order valence-electron chi connectivity index (χ3n) is 6.91. The quantitative estimate of drug-likeness (QED) is 0.229. The molecule has 3 aromatic carbocycles. The highest BCUT2D eigenvalue weighted by Crippen LogP contribution is 2.21. The van der Waals surface area contributed by atoms with Gasteiger partial charge in [0.25, 0.3) is 11.5 Å². The molecule has 4 aromatic rings. The Kier molecular flexibility index (Phi) is 8.12. The Labute approximate surface area is 232 Å². The van der Waals surface area contributed by atoms with Crippen molar-refractivity contribution in [3.05, 3.63) is 99.3 Å². The third kappa shape index (κ3) is 6.57. The van der Waals surface area contributed by atoms with Gasteiger partial charge in [0.05, 0.1) is 23.2 Å². The summed E-state index contributed by atoms with van der Waals surface area (Å²) in [5.74, 6) is -0.126. The van der Waals surface area contributed by atoms with E-state index in [1.807, 2.05) is 50.2 Å². The highest BCUT2D eigenvalue weighted by atomic mass is 32.2. The zero-order valence-corrected chi connectivity index (χ0v) is 23.0. The summed E-state index contributed by atoms with van der Waals surface area (Å²) < 4.78 is 1.60. The van der Waals surface area contributed by atoms with Gasteiger partial charge in [-0.25, -0.2) is 4.98 Å². The van der Waals surface area contributed by atoms with Gasteiger partial charge in [0, 0.05) is 17.3 Å². The van der Waals surface area contributed by atoms with Crippen LogP contribution in [-0.4, -0.2) is 33.2 Å². The molecule has 200 valence electrons. The van der Waals surface area contributed by atoms with Gasteiger partial charge in [-0.15, -0.1) is 0 Å². The summed E-state index contributed by atoms with van der Waals surface area (Å²) in [6.07, 6.45) is 4.38. The molecule has 0 unspecified atom stereocenters. The van der Waals surface area contributed by atoms with Crippen LogP contribution in [-0.2, 0) is 11.3 Å². The molecule has 2 amide bonds. The lowest BCUT2D eigenvalue weighted by atomic mass is 10.1. The minimum absolute atomic E-state index is 0.0657. The molecule has 1 aromatic heterocycles. The van der Waals surface area contributed by atoms with Crippen LogP contribution < -0.4 is 16.2 Å². The number of nitrogens with one attached hydrogen (secondary N) is 2. The molecule has 1 aliphatic carbocycles. The van der Waals surface area contributed by atoms with Crippen LogP contribution >= 0.6 is 11.8 Å². The maximum atomic E-state index is 13.5. The van der Waals surface area contributed by atoms with Crippen LogP contribution in [0.3, 0.4) is 0 Å². The number of carbonyl (C=O) groups excluding carboxylic acids is 2. The lowest BCUT2D eigenvalue weighted by molar-refractivity contribution is -0.113. The molecule has 1 aliphatic rings. The summed E-state index contributed by atoms with van der Waals surface area (Å²) in [6.45, 7) is 4.26. The van der Waals surface area contributed by atoms with E-state index in [-0.39, 0.29) is 35.7 Å². The first kappa shape index (κ1) is 26.7. The van der Waals surface area contributed by atoms with Gasteiger partial charge in [0.1, 0.15) is 0 Å². The predicted octanol–water partition coefficient (Wildman–Crippen LogP) is 5.46. The smallest absolute Gasteiger partial charge is 0.262 e. The molecule has 0 saturated heterocycles. The number of carbonyl (C=O) groups is 2. The number of nitrogens with zero attached hydrogens (tertiary/aromatic N) is 2. The SMILES string of the molecule is Cc1cc(C)cc(NC(=O)CSc2nc3ccccc3c(=O)n2Cc2ccc(C(=O)NC3CCCC3)cc2)c1. The molecule has 0 spiro atoms. The Morgan fingerprint density at radius 2 is 1.67 bits per heavy atom. The summed E-state index contributed by atoms with van der Waals surface area (Å²) in [6, 6.07) is 20.7. The fraction of sp³-hybridized carbons (Fsp3) is 0.290. The number of amides is 2. The van der Waals surface area contributed by atoms with E-state index in [9.17, 15) is 14.4 Å². The number of benzene rings is 3. The second kappa shape index (κ2) is 11.9. The van der Waals surface area contributed by atoms with Crippen molar-refractivity contribution in [1.29, 1.82) is 0 Å². The zero-order valence-electron chi connectivity index (χ0n) is 22.2. The summed E-state index contributed by atoms with van der Waals surface area (Å²) in [5.41, 5.74) is 4.80. The normalized spacial score (nSPS) is 13.5. The average Bonchev–Trinajstić information content (AvgIpc) is 3.42. The fourth-order valence-corrected chi connectivity index (χ4v) is 5.85. The van der Waals surface area contributed by atoms with E-state index in [1.54, 1.807) is 28.8 Å². The van der Waals surface area contributed by atoms with Crippen molar-refractivity contribution in [2.75, 3.05) is 11.1 Å². The molecule has 2 N–H and O–H groups in total.